The monoisotopic (exact) mass is 345 g/mol. The van der Waals surface area contributed by atoms with Gasteiger partial charge in [-0.25, -0.2) is 9.97 Å². The molecule has 0 saturated carbocycles. The Hall–Kier alpha value is -2.24. The van der Waals surface area contributed by atoms with Crippen LogP contribution in [0.15, 0.2) is 24.2 Å². The first-order valence-corrected chi connectivity index (χ1v) is 8.84. The highest BCUT2D eigenvalue weighted by molar-refractivity contribution is 5.95. The van der Waals surface area contributed by atoms with E-state index in [0.717, 1.165) is 17.7 Å². The van der Waals surface area contributed by atoms with Crippen molar-refractivity contribution in [3.05, 3.63) is 35.4 Å². The minimum absolute atomic E-state index is 0.161. The van der Waals surface area contributed by atoms with Gasteiger partial charge in [0.1, 0.15) is 6.33 Å². The van der Waals surface area contributed by atoms with Crippen LogP contribution < -0.4 is 0 Å². The fourth-order valence-corrected chi connectivity index (χ4v) is 3.27. The van der Waals surface area contributed by atoms with Gasteiger partial charge in [0.2, 0.25) is 0 Å². The zero-order valence-electron chi connectivity index (χ0n) is 15.3. The van der Waals surface area contributed by atoms with E-state index in [4.69, 9.17) is 0 Å². The van der Waals surface area contributed by atoms with E-state index in [1.165, 1.54) is 6.33 Å². The molecular formula is C19H27N3O3. The topological polar surface area (TPSA) is 83.4 Å². The number of likely N-dealkylation sites (tertiary alicyclic amines) is 1. The van der Waals surface area contributed by atoms with Crippen LogP contribution in [0.5, 0.6) is 0 Å². The standard InChI is InChI=1S/C19H27N3O3/c1-4-6-16-15(11-20-13-21-16)17(23)22-10-5-8-19(12-22,18(24)25)9-7-14(2)3/h7,11,13H,4-6,8-10,12H2,1-3H3,(H,24,25)/t19-/m0/s1. The van der Waals surface area contributed by atoms with Gasteiger partial charge in [-0.2, -0.15) is 0 Å². The summed E-state index contributed by atoms with van der Waals surface area (Å²) in [6, 6.07) is 0. The first-order chi connectivity index (χ1) is 11.9. The number of hydrogen-bond acceptors (Lipinski definition) is 4. The summed E-state index contributed by atoms with van der Waals surface area (Å²) in [7, 11) is 0. The molecule has 1 aliphatic rings. The molecule has 1 fully saturated rings. The van der Waals surface area contributed by atoms with Crippen LogP contribution in [0, 0.1) is 5.41 Å². The predicted octanol–water partition coefficient (Wildman–Crippen LogP) is 3.09. The quantitative estimate of drug-likeness (QED) is 0.801. The number of amides is 1. The molecule has 2 rings (SSSR count). The fourth-order valence-electron chi connectivity index (χ4n) is 3.27. The van der Waals surface area contributed by atoms with E-state index in [1.807, 2.05) is 26.8 Å². The maximum atomic E-state index is 13.0. The highest BCUT2D eigenvalue weighted by Crippen LogP contribution is 2.35. The summed E-state index contributed by atoms with van der Waals surface area (Å²) < 4.78 is 0. The van der Waals surface area contributed by atoms with E-state index < -0.39 is 11.4 Å². The molecule has 0 aliphatic carbocycles. The molecule has 0 aromatic carbocycles. The predicted molar refractivity (Wildman–Crippen MR) is 95.3 cm³/mol. The van der Waals surface area contributed by atoms with Crippen LogP contribution in [0.4, 0.5) is 0 Å². The lowest BCUT2D eigenvalue weighted by molar-refractivity contribution is -0.151. The molecule has 0 spiro atoms. The summed E-state index contributed by atoms with van der Waals surface area (Å²) in [4.78, 5) is 34.8. The Kier molecular flexibility index (Phi) is 6.28. The van der Waals surface area contributed by atoms with Gasteiger partial charge in [-0.1, -0.05) is 25.0 Å². The van der Waals surface area contributed by atoms with Crippen molar-refractivity contribution in [2.75, 3.05) is 13.1 Å². The Morgan fingerprint density at radius 1 is 1.40 bits per heavy atom. The minimum Gasteiger partial charge on any atom is -0.481 e. The second-order valence-electron chi connectivity index (χ2n) is 7.03. The fraction of sp³-hybridized carbons (Fsp3) is 0.579. The highest BCUT2D eigenvalue weighted by Gasteiger charge is 2.43. The van der Waals surface area contributed by atoms with Crippen molar-refractivity contribution >= 4 is 11.9 Å². The molecule has 25 heavy (non-hydrogen) atoms. The van der Waals surface area contributed by atoms with Crippen LogP contribution in [0.25, 0.3) is 0 Å². The average molecular weight is 345 g/mol. The van der Waals surface area contributed by atoms with Crippen molar-refractivity contribution in [1.82, 2.24) is 14.9 Å². The van der Waals surface area contributed by atoms with Gasteiger partial charge in [0, 0.05) is 19.3 Å². The van der Waals surface area contributed by atoms with Gasteiger partial charge in [0.05, 0.1) is 16.7 Å². The first kappa shape index (κ1) is 19.1. The van der Waals surface area contributed by atoms with E-state index in [1.54, 1.807) is 11.1 Å². The lowest BCUT2D eigenvalue weighted by Crippen LogP contribution is -2.50. The molecule has 1 aromatic heterocycles. The van der Waals surface area contributed by atoms with Crippen molar-refractivity contribution in [3.8, 4) is 0 Å². The second kappa shape index (κ2) is 8.23. The number of carbonyl (C=O) groups excluding carboxylic acids is 1. The first-order valence-electron chi connectivity index (χ1n) is 8.84. The zero-order chi connectivity index (χ0) is 18.4. The largest absolute Gasteiger partial charge is 0.481 e. The van der Waals surface area contributed by atoms with Gasteiger partial charge in [-0.3, -0.25) is 9.59 Å². The van der Waals surface area contributed by atoms with Gasteiger partial charge in [-0.05, 0) is 39.5 Å². The number of carboxylic acids is 1. The highest BCUT2D eigenvalue weighted by atomic mass is 16.4. The lowest BCUT2D eigenvalue weighted by Gasteiger charge is -2.39. The van der Waals surface area contributed by atoms with Gasteiger partial charge < -0.3 is 10.0 Å². The summed E-state index contributed by atoms with van der Waals surface area (Å²) in [5.41, 5.74) is 1.41. The normalized spacial score (nSPS) is 20.2. The summed E-state index contributed by atoms with van der Waals surface area (Å²) in [5, 5.41) is 9.82. The molecule has 1 aromatic rings. The molecule has 1 amide bonds. The van der Waals surface area contributed by atoms with E-state index in [0.29, 0.717) is 37.8 Å². The number of carbonyl (C=O) groups is 2. The van der Waals surface area contributed by atoms with Crippen LogP contribution >= 0.6 is 0 Å². The minimum atomic E-state index is -0.911. The third-order valence-corrected chi connectivity index (χ3v) is 4.73. The molecule has 6 nitrogen and oxygen atoms in total. The Balaban J connectivity index is 2.26. The molecule has 1 atom stereocenters. The number of piperidine rings is 1. The summed E-state index contributed by atoms with van der Waals surface area (Å²) in [6.45, 7) is 6.75. The smallest absolute Gasteiger partial charge is 0.311 e. The molecule has 1 N–H and O–H groups in total. The Morgan fingerprint density at radius 3 is 2.80 bits per heavy atom. The van der Waals surface area contributed by atoms with E-state index in [9.17, 15) is 14.7 Å². The number of carboxylic acid groups (broad SMARTS) is 1. The molecule has 1 aliphatic heterocycles. The summed E-state index contributed by atoms with van der Waals surface area (Å²) in [6.07, 6.45) is 8.27. The number of hydrogen-bond donors (Lipinski definition) is 1. The van der Waals surface area contributed by atoms with Gasteiger partial charge in [-0.15, -0.1) is 0 Å². The molecule has 1 saturated heterocycles. The zero-order valence-corrected chi connectivity index (χ0v) is 15.3. The molecule has 2 heterocycles. The van der Waals surface area contributed by atoms with Crippen LogP contribution in [-0.2, 0) is 11.2 Å². The van der Waals surface area contributed by atoms with E-state index in [-0.39, 0.29) is 12.5 Å². The maximum absolute atomic E-state index is 13.0. The SMILES string of the molecule is CCCc1ncncc1C(=O)N1CCC[C@@](CC=C(C)C)(C(=O)O)C1. The number of nitrogens with zero attached hydrogens (tertiary/aromatic N) is 3. The molecule has 0 radical (unpaired) electrons. The average Bonchev–Trinajstić information content (AvgIpc) is 2.60. The van der Waals surface area contributed by atoms with Crippen molar-refractivity contribution in [1.29, 1.82) is 0 Å². The van der Waals surface area contributed by atoms with Gasteiger partial charge >= 0.3 is 5.97 Å². The van der Waals surface area contributed by atoms with Gasteiger partial charge in [0.15, 0.2) is 0 Å². The molecule has 0 unspecified atom stereocenters. The number of aromatic nitrogens is 2. The third kappa shape index (κ3) is 4.44. The molecule has 6 heteroatoms. The number of allylic oxidation sites excluding steroid dienone is 2. The number of aryl methyl sites for hydroxylation is 1. The van der Waals surface area contributed by atoms with Crippen LogP contribution in [-0.4, -0.2) is 44.9 Å². The van der Waals surface area contributed by atoms with E-state index in [2.05, 4.69) is 9.97 Å². The molecule has 136 valence electrons. The molecular weight excluding hydrogens is 318 g/mol. The van der Waals surface area contributed by atoms with Crippen molar-refractivity contribution in [2.24, 2.45) is 5.41 Å². The Labute approximate surface area is 149 Å². The lowest BCUT2D eigenvalue weighted by atomic mass is 9.76. The third-order valence-electron chi connectivity index (χ3n) is 4.73. The Bertz CT molecular complexity index is 668. The number of aliphatic carboxylic acids is 1. The summed E-state index contributed by atoms with van der Waals surface area (Å²) in [5.74, 6) is -0.993. The Morgan fingerprint density at radius 2 is 2.16 bits per heavy atom. The molecule has 0 bridgehead atoms. The van der Waals surface area contributed by atoms with E-state index >= 15 is 0 Å². The van der Waals surface area contributed by atoms with Crippen molar-refractivity contribution in [2.45, 2.75) is 52.9 Å². The van der Waals surface area contributed by atoms with Crippen molar-refractivity contribution in [3.63, 3.8) is 0 Å². The van der Waals surface area contributed by atoms with Crippen molar-refractivity contribution < 1.29 is 14.7 Å². The van der Waals surface area contributed by atoms with Crippen LogP contribution in [0.3, 0.4) is 0 Å². The van der Waals surface area contributed by atoms with Crippen LogP contribution in [0.1, 0.15) is 62.5 Å². The number of rotatable bonds is 6. The maximum Gasteiger partial charge on any atom is 0.311 e. The van der Waals surface area contributed by atoms with Gasteiger partial charge in [0.25, 0.3) is 5.91 Å². The summed E-state index contributed by atoms with van der Waals surface area (Å²) >= 11 is 0. The second-order valence-corrected chi connectivity index (χ2v) is 7.03. The van der Waals surface area contributed by atoms with Crippen LogP contribution in [0.2, 0.25) is 0 Å².